The van der Waals surface area contributed by atoms with Crippen LogP contribution in [0.15, 0.2) is 42.6 Å². The molecule has 2 rings (SSSR count). The van der Waals surface area contributed by atoms with Crippen LogP contribution in [0.5, 0.6) is 0 Å². The second-order valence-electron chi connectivity index (χ2n) is 4.99. The van der Waals surface area contributed by atoms with Crippen LogP contribution in [0, 0.1) is 0 Å². The molecule has 2 aromatic rings. The van der Waals surface area contributed by atoms with Gasteiger partial charge in [-0.1, -0.05) is 23.7 Å². The van der Waals surface area contributed by atoms with E-state index < -0.39 is 0 Å². The summed E-state index contributed by atoms with van der Waals surface area (Å²) in [5.41, 5.74) is 2.32. The quantitative estimate of drug-likeness (QED) is 0.729. The van der Waals surface area contributed by atoms with Crippen molar-refractivity contribution < 1.29 is 9.53 Å². The number of halogens is 1. The second-order valence-corrected chi connectivity index (χ2v) is 5.42. The molecular weight excluding hydrogens is 314 g/mol. The number of nitrogens with zero attached hydrogens (tertiary/aromatic N) is 1. The maximum Gasteiger partial charge on any atom is 0.269 e. The second kappa shape index (κ2) is 9.12. The third-order valence-corrected chi connectivity index (χ3v) is 3.45. The summed E-state index contributed by atoms with van der Waals surface area (Å²) in [6.07, 6.45) is 2.33. The van der Waals surface area contributed by atoms with E-state index in [4.69, 9.17) is 16.3 Å². The molecule has 122 valence electrons. The average molecular weight is 334 g/mol. The van der Waals surface area contributed by atoms with E-state index in [1.54, 1.807) is 19.4 Å². The Morgan fingerprint density at radius 2 is 2.13 bits per heavy atom. The summed E-state index contributed by atoms with van der Waals surface area (Å²) in [5.74, 6) is -0.192. The first-order valence-electron chi connectivity index (χ1n) is 7.40. The summed E-state index contributed by atoms with van der Waals surface area (Å²) in [5, 5.41) is 6.73. The molecule has 2 N–H and O–H groups in total. The van der Waals surface area contributed by atoms with Gasteiger partial charge in [-0.15, -0.1) is 0 Å². The lowest BCUT2D eigenvalue weighted by Crippen LogP contribution is -2.26. The predicted octanol–water partition coefficient (Wildman–Crippen LogP) is 2.77. The third kappa shape index (κ3) is 5.88. The zero-order valence-electron chi connectivity index (χ0n) is 13.0. The van der Waals surface area contributed by atoms with Gasteiger partial charge in [0.1, 0.15) is 5.69 Å². The first-order chi connectivity index (χ1) is 11.2. The Kier molecular flexibility index (Phi) is 6.84. The number of hydrogen-bond donors (Lipinski definition) is 2. The van der Waals surface area contributed by atoms with E-state index in [1.165, 1.54) is 0 Å². The van der Waals surface area contributed by atoms with Crippen molar-refractivity contribution in [2.24, 2.45) is 0 Å². The Bertz CT molecular complexity index is 649. The minimum Gasteiger partial charge on any atom is -0.383 e. The Labute approximate surface area is 141 Å². The Morgan fingerprint density at radius 3 is 2.91 bits per heavy atom. The van der Waals surface area contributed by atoms with Crippen LogP contribution in [-0.4, -0.2) is 37.7 Å². The first-order valence-corrected chi connectivity index (χ1v) is 7.78. The molecule has 0 fully saturated rings. The van der Waals surface area contributed by atoms with E-state index >= 15 is 0 Å². The van der Waals surface area contributed by atoms with Crippen LogP contribution in [0.4, 0.5) is 5.69 Å². The SMILES string of the molecule is COCCNc1ccnc(C(=O)NCCc2cccc(Cl)c2)c1. The largest absolute Gasteiger partial charge is 0.383 e. The normalized spacial score (nSPS) is 10.3. The lowest BCUT2D eigenvalue weighted by Gasteiger charge is -2.08. The molecule has 0 saturated carbocycles. The van der Waals surface area contributed by atoms with E-state index in [9.17, 15) is 4.79 Å². The van der Waals surface area contributed by atoms with Crippen molar-refractivity contribution in [2.75, 3.05) is 32.1 Å². The van der Waals surface area contributed by atoms with E-state index in [0.717, 1.165) is 17.7 Å². The topological polar surface area (TPSA) is 63.2 Å². The molecule has 0 unspecified atom stereocenters. The zero-order chi connectivity index (χ0) is 16.5. The van der Waals surface area contributed by atoms with Crippen LogP contribution in [0.1, 0.15) is 16.1 Å². The highest BCUT2D eigenvalue weighted by molar-refractivity contribution is 6.30. The zero-order valence-corrected chi connectivity index (χ0v) is 13.8. The van der Waals surface area contributed by atoms with Crippen molar-refractivity contribution in [1.82, 2.24) is 10.3 Å². The van der Waals surface area contributed by atoms with E-state index in [0.29, 0.717) is 30.4 Å². The van der Waals surface area contributed by atoms with Gasteiger partial charge in [0, 0.05) is 37.1 Å². The van der Waals surface area contributed by atoms with Gasteiger partial charge in [-0.25, -0.2) is 0 Å². The number of amides is 1. The molecule has 0 aliphatic carbocycles. The molecule has 0 saturated heterocycles. The number of pyridine rings is 1. The molecule has 23 heavy (non-hydrogen) atoms. The standard InChI is InChI=1S/C17H20ClN3O2/c1-23-10-9-19-15-6-8-20-16(12-15)17(22)21-7-5-13-3-2-4-14(18)11-13/h2-4,6,8,11-12H,5,7,9-10H2,1H3,(H,19,20)(H,21,22). The number of benzene rings is 1. The smallest absolute Gasteiger partial charge is 0.269 e. The van der Waals surface area contributed by atoms with Gasteiger partial charge in [0.05, 0.1) is 6.61 Å². The van der Waals surface area contributed by atoms with Gasteiger partial charge in [0.25, 0.3) is 5.91 Å². The number of nitrogens with one attached hydrogen (secondary N) is 2. The van der Waals surface area contributed by atoms with Crippen LogP contribution in [-0.2, 0) is 11.2 Å². The fourth-order valence-corrected chi connectivity index (χ4v) is 2.28. The molecule has 6 heteroatoms. The summed E-state index contributed by atoms with van der Waals surface area (Å²) in [6, 6.07) is 11.2. The highest BCUT2D eigenvalue weighted by Gasteiger charge is 2.07. The minimum atomic E-state index is -0.192. The molecule has 1 amide bonds. The van der Waals surface area contributed by atoms with E-state index in [-0.39, 0.29) is 5.91 Å². The van der Waals surface area contributed by atoms with Gasteiger partial charge >= 0.3 is 0 Å². The molecule has 0 aliphatic rings. The number of ether oxygens (including phenoxy) is 1. The van der Waals surface area contributed by atoms with Gasteiger partial charge in [0.2, 0.25) is 0 Å². The number of hydrogen-bond acceptors (Lipinski definition) is 4. The van der Waals surface area contributed by atoms with Gasteiger partial charge in [-0.3, -0.25) is 9.78 Å². The first kappa shape index (κ1) is 17.2. The maximum atomic E-state index is 12.1. The monoisotopic (exact) mass is 333 g/mol. The Morgan fingerprint density at radius 1 is 1.26 bits per heavy atom. The van der Waals surface area contributed by atoms with Gasteiger partial charge < -0.3 is 15.4 Å². The highest BCUT2D eigenvalue weighted by Crippen LogP contribution is 2.11. The highest BCUT2D eigenvalue weighted by atomic mass is 35.5. The van der Waals surface area contributed by atoms with Crippen molar-refractivity contribution in [3.05, 3.63) is 58.9 Å². The maximum absolute atomic E-state index is 12.1. The molecule has 0 atom stereocenters. The molecular formula is C17H20ClN3O2. The number of anilines is 1. The van der Waals surface area contributed by atoms with Crippen molar-refractivity contribution in [1.29, 1.82) is 0 Å². The molecule has 0 aliphatic heterocycles. The van der Waals surface area contributed by atoms with Crippen molar-refractivity contribution >= 4 is 23.2 Å². The van der Waals surface area contributed by atoms with Gasteiger partial charge in [-0.2, -0.15) is 0 Å². The van der Waals surface area contributed by atoms with E-state index in [2.05, 4.69) is 15.6 Å². The fraction of sp³-hybridized carbons (Fsp3) is 0.294. The lowest BCUT2D eigenvalue weighted by atomic mass is 10.1. The van der Waals surface area contributed by atoms with Crippen molar-refractivity contribution in [3.8, 4) is 0 Å². The van der Waals surface area contributed by atoms with Crippen LogP contribution in [0.2, 0.25) is 5.02 Å². The predicted molar refractivity (Wildman–Crippen MR) is 92.1 cm³/mol. The van der Waals surface area contributed by atoms with Crippen molar-refractivity contribution in [2.45, 2.75) is 6.42 Å². The average Bonchev–Trinajstić information content (AvgIpc) is 2.55. The third-order valence-electron chi connectivity index (χ3n) is 3.22. The summed E-state index contributed by atoms with van der Waals surface area (Å²) in [4.78, 5) is 16.2. The number of aromatic nitrogens is 1. The summed E-state index contributed by atoms with van der Waals surface area (Å²) in [7, 11) is 1.65. The minimum absolute atomic E-state index is 0.192. The van der Waals surface area contributed by atoms with E-state index in [1.807, 2.05) is 30.3 Å². The summed E-state index contributed by atoms with van der Waals surface area (Å²) < 4.78 is 4.98. The van der Waals surface area contributed by atoms with Gasteiger partial charge in [-0.05, 0) is 36.2 Å². The molecule has 1 aromatic carbocycles. The number of carbonyl (C=O) groups excluding carboxylic acids is 1. The molecule has 1 aromatic heterocycles. The van der Waals surface area contributed by atoms with Crippen LogP contribution in [0.25, 0.3) is 0 Å². The van der Waals surface area contributed by atoms with Gasteiger partial charge in [0.15, 0.2) is 0 Å². The number of methoxy groups -OCH3 is 1. The number of rotatable bonds is 8. The Balaban J connectivity index is 1.84. The lowest BCUT2D eigenvalue weighted by molar-refractivity contribution is 0.0949. The van der Waals surface area contributed by atoms with Crippen molar-refractivity contribution in [3.63, 3.8) is 0 Å². The number of carbonyl (C=O) groups is 1. The fourth-order valence-electron chi connectivity index (χ4n) is 2.07. The summed E-state index contributed by atoms with van der Waals surface area (Å²) in [6.45, 7) is 1.81. The van der Waals surface area contributed by atoms with Crippen LogP contribution >= 0.6 is 11.6 Å². The Hall–Kier alpha value is -2.11. The summed E-state index contributed by atoms with van der Waals surface area (Å²) >= 11 is 5.94. The molecule has 1 heterocycles. The molecule has 5 nitrogen and oxygen atoms in total. The van der Waals surface area contributed by atoms with Crippen LogP contribution < -0.4 is 10.6 Å². The van der Waals surface area contributed by atoms with Crippen LogP contribution in [0.3, 0.4) is 0 Å². The molecule has 0 bridgehead atoms. The molecule has 0 spiro atoms. The molecule has 0 radical (unpaired) electrons.